The van der Waals surface area contributed by atoms with Gasteiger partial charge in [-0.3, -0.25) is 0 Å². The summed E-state index contributed by atoms with van der Waals surface area (Å²) in [6.45, 7) is 12.1. The van der Waals surface area contributed by atoms with E-state index >= 15 is 0 Å². The van der Waals surface area contributed by atoms with Crippen LogP contribution >= 0.6 is 11.8 Å². The van der Waals surface area contributed by atoms with Crippen LogP contribution in [0.1, 0.15) is 46.5 Å². The molecule has 0 radical (unpaired) electrons. The third-order valence-electron chi connectivity index (χ3n) is 5.25. The zero-order valence-corrected chi connectivity index (χ0v) is 20.4. The van der Waals surface area contributed by atoms with Crippen LogP contribution in [0.3, 0.4) is 0 Å². The summed E-state index contributed by atoms with van der Waals surface area (Å²) < 4.78 is 1.96. The Labute approximate surface area is 178 Å². The molecular formula is C19H29Cl2SSiTi. The van der Waals surface area contributed by atoms with Gasteiger partial charge in [-0.15, -0.1) is 0 Å². The second-order valence-electron chi connectivity index (χ2n) is 7.13. The molecule has 0 amide bonds. The van der Waals surface area contributed by atoms with Crippen LogP contribution in [0, 0.1) is 0 Å². The normalized spacial score (nSPS) is 23.5. The first-order valence-electron chi connectivity index (χ1n) is 8.46. The Morgan fingerprint density at radius 1 is 1.25 bits per heavy atom. The standard InChI is InChI=1S/C19H29SSi.2ClH.Ti/c1-6-7-14-20-19(13-12-16(2)15-17(19)3)21(4,5)18-10-8-9-11-18;;;/h8,10,12,15H,6-7,9,13-14H2,1-5H3;2*1H;/q;;;+2/p-2. The number of allylic oxidation sites excluding steroid dienone is 7. The summed E-state index contributed by atoms with van der Waals surface area (Å²) in [7, 11) is -1.58. The first-order valence-corrected chi connectivity index (χ1v) is 13.2. The van der Waals surface area contributed by atoms with Crippen LogP contribution in [0.2, 0.25) is 13.1 Å². The molecule has 1 unspecified atom stereocenters. The maximum atomic E-state index is 2.60. The number of hydrogen-bond donors (Lipinski definition) is 0. The maximum Gasteiger partial charge on any atom is -1.00 e. The van der Waals surface area contributed by atoms with E-state index < -0.39 is 8.07 Å². The number of thioether (sulfide) groups is 1. The van der Waals surface area contributed by atoms with E-state index in [1.165, 1.54) is 37.0 Å². The summed E-state index contributed by atoms with van der Waals surface area (Å²) >= 11 is 4.60. The van der Waals surface area contributed by atoms with Gasteiger partial charge < -0.3 is 24.8 Å². The molecule has 1 atom stereocenters. The van der Waals surface area contributed by atoms with Crippen molar-refractivity contribution >= 4 is 19.8 Å². The Balaban J connectivity index is 0.00000264. The largest absolute Gasteiger partial charge is 1.00 e. The summed E-state index contributed by atoms with van der Waals surface area (Å²) in [4.78, 5) is 0. The SMILES string of the molecule is CCCCSC1([Si](C)(C)C2=[C]([Ti+2])CC=C2)CC=C(C)C=C1C.[Cl-].[Cl-]. The average Bonchev–Trinajstić information content (AvgIpc) is 2.88. The van der Waals surface area contributed by atoms with Crippen LogP contribution in [-0.4, -0.2) is 18.2 Å². The van der Waals surface area contributed by atoms with E-state index in [4.69, 9.17) is 0 Å². The summed E-state index contributed by atoms with van der Waals surface area (Å²) in [5, 5.41) is 1.71. The molecule has 133 valence electrons. The van der Waals surface area contributed by atoms with Gasteiger partial charge in [0.1, 0.15) is 0 Å². The summed E-state index contributed by atoms with van der Waals surface area (Å²) in [6, 6.07) is 0. The number of hydrogen-bond acceptors (Lipinski definition) is 1. The monoisotopic (exact) mass is 435 g/mol. The van der Waals surface area contributed by atoms with Gasteiger partial charge >= 0.3 is 154 Å². The van der Waals surface area contributed by atoms with Gasteiger partial charge in [-0.25, -0.2) is 0 Å². The summed E-state index contributed by atoms with van der Waals surface area (Å²) in [5.74, 6) is 1.29. The van der Waals surface area contributed by atoms with Crippen molar-refractivity contribution in [2.75, 3.05) is 5.75 Å². The van der Waals surface area contributed by atoms with Crippen LogP contribution in [0.4, 0.5) is 0 Å². The van der Waals surface area contributed by atoms with Crippen molar-refractivity contribution in [2.24, 2.45) is 0 Å². The number of rotatable bonds is 6. The van der Waals surface area contributed by atoms with Gasteiger partial charge in [0.05, 0.1) is 0 Å². The Morgan fingerprint density at radius 3 is 2.42 bits per heavy atom. The maximum absolute atomic E-state index is 2.60. The smallest absolute Gasteiger partial charge is 1.00 e. The van der Waals surface area contributed by atoms with E-state index in [0.717, 1.165) is 0 Å². The van der Waals surface area contributed by atoms with E-state index in [-0.39, 0.29) is 24.8 Å². The quantitative estimate of drug-likeness (QED) is 0.421. The molecule has 0 aromatic carbocycles. The molecule has 2 aliphatic carbocycles. The van der Waals surface area contributed by atoms with Crippen molar-refractivity contribution in [3.63, 3.8) is 0 Å². The molecule has 0 N–H and O–H groups in total. The third kappa shape index (κ3) is 4.75. The van der Waals surface area contributed by atoms with Crippen LogP contribution in [0.25, 0.3) is 0 Å². The van der Waals surface area contributed by atoms with Crippen LogP contribution in [0.15, 0.2) is 44.5 Å². The molecule has 2 aliphatic rings. The third-order valence-corrected chi connectivity index (χ3v) is 14.3. The van der Waals surface area contributed by atoms with Gasteiger partial charge in [0, 0.05) is 0 Å². The fourth-order valence-electron chi connectivity index (χ4n) is 3.78. The van der Waals surface area contributed by atoms with Crippen molar-refractivity contribution < 1.29 is 45.2 Å². The van der Waals surface area contributed by atoms with E-state index in [2.05, 4.69) is 90.4 Å². The van der Waals surface area contributed by atoms with Gasteiger partial charge in [0.2, 0.25) is 0 Å². The Hall–Kier alpha value is 0.821. The van der Waals surface area contributed by atoms with E-state index in [9.17, 15) is 0 Å². The van der Waals surface area contributed by atoms with Gasteiger partial charge in [0.25, 0.3) is 0 Å². The molecule has 0 aromatic heterocycles. The van der Waals surface area contributed by atoms with Crippen molar-refractivity contribution in [1.29, 1.82) is 0 Å². The van der Waals surface area contributed by atoms with Crippen LogP contribution < -0.4 is 24.8 Å². The molecule has 0 nitrogen and oxygen atoms in total. The Bertz CT molecular complexity index is 564. The van der Waals surface area contributed by atoms with Gasteiger partial charge in [-0.05, 0) is 0 Å². The average molecular weight is 436 g/mol. The van der Waals surface area contributed by atoms with Crippen molar-refractivity contribution in [3.05, 3.63) is 44.5 Å². The molecule has 0 heterocycles. The fraction of sp³-hybridized carbons (Fsp3) is 0.579. The first kappa shape index (κ1) is 24.8. The minimum atomic E-state index is -1.58. The molecule has 0 fully saturated rings. The predicted octanol–water partition coefficient (Wildman–Crippen LogP) is 0.110. The zero-order chi connectivity index (χ0) is 16.4. The first-order chi connectivity index (χ1) is 10.3. The van der Waals surface area contributed by atoms with Gasteiger partial charge in [0.15, 0.2) is 0 Å². The summed E-state index contributed by atoms with van der Waals surface area (Å²) in [5.41, 5.74) is 3.06. The van der Waals surface area contributed by atoms with Gasteiger partial charge in [-0.2, -0.15) is 0 Å². The minimum Gasteiger partial charge on any atom is -1.00 e. The van der Waals surface area contributed by atoms with E-state index in [0.29, 0.717) is 4.37 Å². The van der Waals surface area contributed by atoms with E-state index in [1.54, 1.807) is 14.6 Å². The Kier molecular flexibility index (Phi) is 10.6. The molecule has 0 aliphatic heterocycles. The summed E-state index contributed by atoms with van der Waals surface area (Å²) in [6.07, 6.45) is 14.8. The fourth-order valence-corrected chi connectivity index (χ4v) is 12.4. The molecule has 2 rings (SSSR count). The molecule has 24 heavy (non-hydrogen) atoms. The Morgan fingerprint density at radius 2 is 1.92 bits per heavy atom. The molecule has 0 saturated carbocycles. The molecule has 5 heteroatoms. The topological polar surface area (TPSA) is 0 Å². The zero-order valence-electron chi connectivity index (χ0n) is 15.5. The van der Waals surface area contributed by atoms with Crippen LogP contribution in [-0.2, 0) is 20.4 Å². The number of halogens is 2. The van der Waals surface area contributed by atoms with Crippen molar-refractivity contribution in [2.45, 2.75) is 63.9 Å². The van der Waals surface area contributed by atoms with E-state index in [1.807, 2.05) is 0 Å². The second-order valence-corrected chi connectivity index (χ2v) is 14.5. The molecular weight excluding hydrogens is 407 g/mol. The number of unbranched alkanes of at least 4 members (excludes halogenated alkanes) is 1. The molecule has 0 spiro atoms. The molecule has 0 aromatic rings. The predicted molar refractivity (Wildman–Crippen MR) is 100 cm³/mol. The second kappa shape index (κ2) is 10.2. The van der Waals surface area contributed by atoms with Crippen molar-refractivity contribution in [1.82, 2.24) is 0 Å². The van der Waals surface area contributed by atoms with Crippen molar-refractivity contribution in [3.8, 4) is 0 Å². The molecule has 0 saturated heterocycles. The van der Waals surface area contributed by atoms with Crippen LogP contribution in [0.5, 0.6) is 0 Å². The minimum absolute atomic E-state index is 0. The van der Waals surface area contributed by atoms with Gasteiger partial charge in [-0.1, -0.05) is 0 Å². The molecule has 0 bridgehead atoms.